The summed E-state index contributed by atoms with van der Waals surface area (Å²) < 4.78 is 0. The maximum Gasteiger partial charge on any atom is 0.255 e. The molecule has 1 saturated heterocycles. The highest BCUT2D eigenvalue weighted by Gasteiger charge is 2.22. The molecule has 1 aromatic heterocycles. The van der Waals surface area contributed by atoms with Gasteiger partial charge < -0.3 is 5.32 Å². The van der Waals surface area contributed by atoms with Crippen LogP contribution in [0.3, 0.4) is 0 Å². The highest BCUT2D eigenvalue weighted by molar-refractivity contribution is 6.05. The number of carbonyl (C=O) groups excluding carboxylic acids is 1. The third kappa shape index (κ3) is 5.83. The van der Waals surface area contributed by atoms with Gasteiger partial charge in [0.05, 0.1) is 11.2 Å². The van der Waals surface area contributed by atoms with Gasteiger partial charge in [0, 0.05) is 23.2 Å². The molecule has 5 aromatic rings. The molecule has 1 N–H and O–H groups in total. The van der Waals surface area contributed by atoms with Gasteiger partial charge >= 0.3 is 0 Å². The summed E-state index contributed by atoms with van der Waals surface area (Å²) in [6, 6.07) is 35.1. The molecule has 0 radical (unpaired) electrons. The van der Waals surface area contributed by atoms with Gasteiger partial charge in [-0.1, -0.05) is 72.3 Å². The second-order valence-corrected chi connectivity index (χ2v) is 11.0. The first-order chi connectivity index (χ1) is 19.5. The molecule has 1 fully saturated rings. The minimum Gasteiger partial charge on any atom is -0.322 e. The van der Waals surface area contributed by atoms with Crippen molar-refractivity contribution in [2.75, 3.05) is 18.4 Å². The number of pyridine rings is 1. The first-order valence-electron chi connectivity index (χ1n) is 14.2. The maximum atomic E-state index is 12.9. The first kappa shape index (κ1) is 26.0. The molecule has 200 valence electrons. The van der Waals surface area contributed by atoms with Gasteiger partial charge in [-0.3, -0.25) is 14.7 Å². The zero-order chi connectivity index (χ0) is 27.5. The van der Waals surface area contributed by atoms with Crippen LogP contribution in [-0.2, 0) is 6.54 Å². The molecule has 0 spiro atoms. The molecule has 4 nitrogen and oxygen atoms in total. The molecule has 1 amide bonds. The minimum atomic E-state index is -0.117. The van der Waals surface area contributed by atoms with Crippen molar-refractivity contribution in [3.05, 3.63) is 131 Å². The number of nitrogens with zero attached hydrogens (tertiary/aromatic N) is 2. The summed E-state index contributed by atoms with van der Waals surface area (Å²) in [7, 11) is 0. The van der Waals surface area contributed by atoms with Gasteiger partial charge in [0.2, 0.25) is 0 Å². The van der Waals surface area contributed by atoms with Crippen molar-refractivity contribution < 1.29 is 4.79 Å². The van der Waals surface area contributed by atoms with Crippen molar-refractivity contribution in [3.63, 3.8) is 0 Å². The smallest absolute Gasteiger partial charge is 0.255 e. The molecule has 0 saturated carbocycles. The Bertz CT molecular complexity index is 1630. The number of piperidine rings is 1. The zero-order valence-corrected chi connectivity index (χ0v) is 23.2. The number of carbonyl (C=O) groups is 1. The van der Waals surface area contributed by atoms with Gasteiger partial charge in [-0.25, -0.2) is 0 Å². The van der Waals surface area contributed by atoms with Crippen LogP contribution in [0.5, 0.6) is 0 Å². The third-order valence-electron chi connectivity index (χ3n) is 8.14. The lowest BCUT2D eigenvalue weighted by molar-refractivity contribution is 0.102. The van der Waals surface area contributed by atoms with Gasteiger partial charge in [-0.15, -0.1) is 0 Å². The van der Waals surface area contributed by atoms with E-state index in [1.807, 2.05) is 42.5 Å². The van der Waals surface area contributed by atoms with Crippen LogP contribution in [0.2, 0.25) is 0 Å². The molecule has 4 aromatic carbocycles. The molecular weight excluding hydrogens is 490 g/mol. The minimum absolute atomic E-state index is 0.117. The van der Waals surface area contributed by atoms with E-state index in [9.17, 15) is 4.79 Å². The van der Waals surface area contributed by atoms with Crippen molar-refractivity contribution in [1.82, 2.24) is 9.88 Å². The molecule has 0 unspecified atom stereocenters. The van der Waals surface area contributed by atoms with Crippen molar-refractivity contribution in [3.8, 4) is 11.1 Å². The summed E-state index contributed by atoms with van der Waals surface area (Å²) in [6.07, 6.45) is 2.38. The van der Waals surface area contributed by atoms with Crippen LogP contribution in [-0.4, -0.2) is 28.9 Å². The number of nitrogens with one attached hydrogen (secondary N) is 1. The Hall–Kier alpha value is -4.28. The molecule has 40 heavy (non-hydrogen) atoms. The Balaban J connectivity index is 1.07. The molecular formula is C36H35N3O. The molecule has 6 rings (SSSR count). The lowest BCUT2D eigenvalue weighted by Gasteiger charge is -2.32. The van der Waals surface area contributed by atoms with Crippen LogP contribution in [0.25, 0.3) is 22.0 Å². The van der Waals surface area contributed by atoms with Crippen molar-refractivity contribution in [2.45, 2.75) is 39.2 Å². The quantitative estimate of drug-likeness (QED) is 0.243. The Morgan fingerprint density at radius 3 is 2.25 bits per heavy atom. The summed E-state index contributed by atoms with van der Waals surface area (Å²) in [4.78, 5) is 20.4. The average molecular weight is 526 g/mol. The van der Waals surface area contributed by atoms with Gasteiger partial charge in [-0.2, -0.15) is 0 Å². The van der Waals surface area contributed by atoms with Crippen LogP contribution in [0, 0.1) is 13.8 Å². The van der Waals surface area contributed by atoms with Crippen LogP contribution in [0.15, 0.2) is 103 Å². The number of rotatable bonds is 6. The number of benzene rings is 4. The summed E-state index contributed by atoms with van der Waals surface area (Å²) >= 11 is 0. The number of aromatic nitrogens is 1. The lowest BCUT2D eigenvalue weighted by atomic mass is 9.87. The van der Waals surface area contributed by atoms with E-state index < -0.39 is 0 Å². The van der Waals surface area contributed by atoms with Crippen molar-refractivity contribution in [2.24, 2.45) is 0 Å². The average Bonchev–Trinajstić information content (AvgIpc) is 2.98. The van der Waals surface area contributed by atoms with Gasteiger partial charge in [0.25, 0.3) is 5.91 Å². The number of hydrogen-bond donors (Lipinski definition) is 1. The van der Waals surface area contributed by atoms with Gasteiger partial charge in [-0.05, 0) is 104 Å². The molecule has 4 heteroatoms. The summed E-state index contributed by atoms with van der Waals surface area (Å²) in [6.45, 7) is 7.36. The lowest BCUT2D eigenvalue weighted by Crippen LogP contribution is -2.32. The Labute approximate surface area is 236 Å². The van der Waals surface area contributed by atoms with Gasteiger partial charge in [0.15, 0.2) is 0 Å². The molecule has 1 aliphatic heterocycles. The Kier molecular flexibility index (Phi) is 7.43. The largest absolute Gasteiger partial charge is 0.322 e. The van der Waals surface area contributed by atoms with Crippen LogP contribution < -0.4 is 5.32 Å². The van der Waals surface area contributed by atoms with E-state index in [0.29, 0.717) is 11.5 Å². The van der Waals surface area contributed by atoms with E-state index >= 15 is 0 Å². The number of amides is 1. The highest BCUT2D eigenvalue weighted by Crippen LogP contribution is 2.31. The van der Waals surface area contributed by atoms with Crippen molar-refractivity contribution >= 4 is 22.5 Å². The number of likely N-dealkylation sites (tertiary alicyclic amines) is 1. The van der Waals surface area contributed by atoms with E-state index in [-0.39, 0.29) is 5.91 Å². The summed E-state index contributed by atoms with van der Waals surface area (Å²) in [5.41, 5.74) is 9.84. The molecule has 1 aliphatic rings. The predicted octanol–water partition coefficient (Wildman–Crippen LogP) is 8.15. The second-order valence-electron chi connectivity index (χ2n) is 11.0. The fourth-order valence-electron chi connectivity index (χ4n) is 5.77. The molecule has 2 heterocycles. The van der Waals surface area contributed by atoms with Crippen LogP contribution in [0.4, 0.5) is 5.69 Å². The SMILES string of the molecule is Cc1ccc(-c2ccc(C(=O)Nc3ccc4nc(CN5CCC(c6ccccc6C)CC5)ccc4c3)cc2)cc1. The second kappa shape index (κ2) is 11.4. The van der Waals surface area contributed by atoms with Crippen LogP contribution >= 0.6 is 0 Å². The van der Waals surface area contributed by atoms with Crippen molar-refractivity contribution in [1.29, 1.82) is 0 Å². The summed E-state index contributed by atoms with van der Waals surface area (Å²) in [5.74, 6) is 0.537. The normalized spacial score (nSPS) is 14.3. The fourth-order valence-corrected chi connectivity index (χ4v) is 5.77. The van der Waals surface area contributed by atoms with E-state index in [2.05, 4.69) is 84.7 Å². The van der Waals surface area contributed by atoms with Gasteiger partial charge in [0.1, 0.15) is 0 Å². The first-order valence-corrected chi connectivity index (χ1v) is 14.2. The predicted molar refractivity (Wildman–Crippen MR) is 165 cm³/mol. The van der Waals surface area contributed by atoms with E-state index in [1.54, 1.807) is 0 Å². The van der Waals surface area contributed by atoms with E-state index in [0.717, 1.165) is 53.0 Å². The number of aryl methyl sites for hydroxylation is 2. The zero-order valence-electron chi connectivity index (χ0n) is 23.2. The fraction of sp³-hybridized carbons (Fsp3) is 0.222. The topological polar surface area (TPSA) is 45.2 Å². The van der Waals surface area contributed by atoms with Crippen LogP contribution in [0.1, 0.15) is 51.5 Å². The van der Waals surface area contributed by atoms with E-state index in [1.165, 1.54) is 29.5 Å². The Morgan fingerprint density at radius 1 is 0.825 bits per heavy atom. The Morgan fingerprint density at radius 2 is 1.52 bits per heavy atom. The number of hydrogen-bond acceptors (Lipinski definition) is 3. The summed E-state index contributed by atoms with van der Waals surface area (Å²) in [5, 5.41) is 4.07. The highest BCUT2D eigenvalue weighted by atomic mass is 16.1. The van der Waals surface area contributed by atoms with E-state index in [4.69, 9.17) is 4.98 Å². The maximum absolute atomic E-state index is 12.9. The molecule has 0 aliphatic carbocycles. The monoisotopic (exact) mass is 525 g/mol. The third-order valence-corrected chi connectivity index (χ3v) is 8.14. The molecule has 0 atom stereocenters. The standard InChI is InChI=1S/C36H35N3O/c1-25-7-9-27(10-8-25)28-11-13-30(14-12-28)36(40)38-32-17-18-35-31(23-32)15-16-33(37-35)24-39-21-19-29(20-22-39)34-6-4-3-5-26(34)2/h3-18,23,29H,19-22,24H2,1-2H3,(H,38,40). The number of anilines is 1. The number of fused-ring (bicyclic) bond motifs is 1. The molecule has 0 bridgehead atoms.